The number of aryl methyl sites for hydroxylation is 3. The lowest BCUT2D eigenvalue weighted by molar-refractivity contribution is 0.0624. The molecule has 0 aliphatic rings. The van der Waals surface area contributed by atoms with E-state index in [0.29, 0.717) is 64.4 Å². The Morgan fingerprint density at radius 1 is 0.491 bits per heavy atom. The van der Waals surface area contributed by atoms with Crippen LogP contribution in [-0.2, 0) is 48.7 Å². The third-order valence-corrected chi connectivity index (χ3v) is 16.1. The molecule has 0 radical (unpaired) electrons. The number of fused-ring (bicyclic) bond motifs is 3. The van der Waals surface area contributed by atoms with Crippen molar-refractivity contribution >= 4 is 115 Å². The standard InChI is InChI=1S/C27H26ClN7O3.C22H18ClN7O.C15H9ClN4O2.C12H19N3O2/c1-16-18(6-8-24(32-16)33-26(37)38-27(2,3)4)12-31-25(36)21-15-35(34-23(21)11-29)14-17-5-7-22-19(9-17)10-20(28)13-30-22;1-13-15(3-5-21(25)28-13)9-27-22(31)18-12-30(29-20(18)8-24)11-14-2-4-19-16(6-14)7-17(23)10-26-19;16-11-4-10-3-9(1-2-13(10)18-6-11)7-20-8-12(15(21)22)14(5-17)19-20;1-8-9(7-13)5-6-10(14-8)15-11(16)17-12(2,3)4/h5-10,13,15H,12,14H2,1-4H3,(H,31,36)(H,32,33,37);2-7,10,12H,9,11H2,1H3,(H2,25,28)(H,27,31);1-4,6,8H,7H2,(H,21,22);5-6H,7,13H2,1-4H3,(H,14,15,16). The lowest BCUT2D eigenvalue weighted by Crippen LogP contribution is -2.27. The largest absolute Gasteiger partial charge is 0.478 e. The van der Waals surface area contributed by atoms with Crippen LogP contribution in [0.4, 0.5) is 27.0 Å². The SMILES string of the molecule is Cc1nc(N)ccc1CNC(=O)c1cn(Cc2ccc3ncc(Cl)cc3c2)nc1C#N.Cc1nc(NC(=O)OC(C)(C)C)ccc1CN.Cc1nc(NC(=O)OC(C)(C)C)ccc1CNC(=O)c1cn(Cc2ccc3ncc(Cl)cc3c2)nc1C#N.N#Cc1nn(Cc2ccc3ncc(Cl)cc3c2)cc1C(=O)O. The summed E-state index contributed by atoms with van der Waals surface area (Å²) in [6, 6.07) is 38.8. The van der Waals surface area contributed by atoms with Gasteiger partial charge >= 0.3 is 18.2 Å². The van der Waals surface area contributed by atoms with Crippen molar-refractivity contribution in [3.63, 3.8) is 0 Å². The van der Waals surface area contributed by atoms with E-state index in [9.17, 15) is 34.5 Å². The van der Waals surface area contributed by atoms with Crippen LogP contribution < -0.4 is 32.7 Å². The minimum Gasteiger partial charge on any atom is -0.478 e. The smallest absolute Gasteiger partial charge is 0.413 e. The van der Waals surface area contributed by atoms with E-state index in [2.05, 4.69) is 66.5 Å². The second-order valence-corrected chi connectivity index (χ2v) is 27.4. The summed E-state index contributed by atoms with van der Waals surface area (Å²) < 4.78 is 14.9. The number of nitrogens with two attached hydrogens (primary N) is 2. The average molecular weight is 1510 g/mol. The number of carbonyl (C=O) groups is 5. The molecule has 9 aromatic heterocycles. The lowest BCUT2D eigenvalue weighted by atomic mass is 10.1. The molecule has 0 fully saturated rings. The number of hydrogen-bond donors (Lipinski definition) is 7. The van der Waals surface area contributed by atoms with Gasteiger partial charge in [-0.1, -0.05) is 71.2 Å². The van der Waals surface area contributed by atoms with Crippen molar-refractivity contribution in [2.75, 3.05) is 16.4 Å². The van der Waals surface area contributed by atoms with Crippen molar-refractivity contribution in [3.8, 4) is 18.2 Å². The van der Waals surface area contributed by atoms with E-state index in [1.807, 2.05) is 126 Å². The zero-order chi connectivity index (χ0) is 78.1. The van der Waals surface area contributed by atoms with Crippen LogP contribution in [0.3, 0.4) is 0 Å². The Balaban J connectivity index is 0.000000173. The molecular weight excluding hydrogens is 1440 g/mol. The number of carboxylic acids is 1. The first kappa shape index (κ1) is 79.1. The summed E-state index contributed by atoms with van der Waals surface area (Å²) in [5.74, 6) is -0.753. The van der Waals surface area contributed by atoms with Gasteiger partial charge in [-0.25, -0.2) is 29.3 Å². The Morgan fingerprint density at radius 3 is 1.16 bits per heavy atom. The van der Waals surface area contributed by atoms with Crippen LogP contribution >= 0.6 is 34.8 Å². The van der Waals surface area contributed by atoms with Gasteiger partial charge < -0.3 is 36.7 Å². The van der Waals surface area contributed by atoms with Gasteiger partial charge in [-0.2, -0.15) is 31.1 Å². The number of nitriles is 3. The minimum absolute atomic E-state index is 0.0276. The number of nitrogens with zero attached hydrogens (tertiary/aromatic N) is 15. The molecule has 108 heavy (non-hydrogen) atoms. The van der Waals surface area contributed by atoms with Crippen LogP contribution in [-0.4, -0.2) is 106 Å². The molecule has 0 bridgehead atoms. The maximum absolute atomic E-state index is 12.9. The summed E-state index contributed by atoms with van der Waals surface area (Å²) in [5, 5.41) is 64.5. The highest BCUT2D eigenvalue weighted by molar-refractivity contribution is 6.31. The summed E-state index contributed by atoms with van der Waals surface area (Å²) in [4.78, 5) is 85.6. The van der Waals surface area contributed by atoms with Crippen LogP contribution in [0.2, 0.25) is 15.1 Å². The number of ether oxygens (including phenoxy) is 2. The number of aromatic carboxylic acids is 1. The van der Waals surface area contributed by atoms with Crippen LogP contribution in [0.1, 0.15) is 140 Å². The fourth-order valence-electron chi connectivity index (χ4n) is 10.4. The molecule has 12 rings (SSSR count). The minimum atomic E-state index is -1.17. The lowest BCUT2D eigenvalue weighted by Gasteiger charge is -2.19. The van der Waals surface area contributed by atoms with Gasteiger partial charge in [0.1, 0.15) is 52.4 Å². The number of carbonyl (C=O) groups excluding carboxylic acids is 4. The van der Waals surface area contributed by atoms with Gasteiger partial charge in [0, 0.05) is 90.1 Å². The molecule has 9 N–H and O–H groups in total. The second kappa shape index (κ2) is 35.2. The third kappa shape index (κ3) is 22.3. The Bertz CT molecular complexity index is 5530. The first-order chi connectivity index (χ1) is 51.3. The highest BCUT2D eigenvalue weighted by Crippen LogP contribution is 2.24. The summed E-state index contributed by atoms with van der Waals surface area (Å²) in [6.07, 6.45) is 8.13. The molecule has 550 valence electrons. The maximum atomic E-state index is 12.9. The third-order valence-electron chi connectivity index (χ3n) is 15.5. The summed E-state index contributed by atoms with van der Waals surface area (Å²) in [5.41, 5.74) is 20.3. The molecule has 0 saturated heterocycles. The first-order valence-electron chi connectivity index (χ1n) is 33.0. The zero-order valence-electron chi connectivity index (χ0n) is 59.9. The van der Waals surface area contributed by atoms with Crippen LogP contribution in [0.5, 0.6) is 0 Å². The van der Waals surface area contributed by atoms with Gasteiger partial charge in [0.2, 0.25) is 0 Å². The Morgan fingerprint density at radius 2 is 0.833 bits per heavy atom. The molecule has 0 aliphatic carbocycles. The van der Waals surface area contributed by atoms with E-state index in [1.165, 1.54) is 10.9 Å². The Kier molecular flexibility index (Phi) is 25.8. The van der Waals surface area contributed by atoms with Crippen LogP contribution in [0, 0.1) is 54.8 Å². The van der Waals surface area contributed by atoms with E-state index >= 15 is 0 Å². The van der Waals surface area contributed by atoms with E-state index in [1.54, 1.807) is 104 Å². The molecule has 0 spiro atoms. The van der Waals surface area contributed by atoms with Crippen molar-refractivity contribution in [2.24, 2.45) is 5.73 Å². The van der Waals surface area contributed by atoms with Crippen molar-refractivity contribution in [3.05, 3.63) is 246 Å². The van der Waals surface area contributed by atoms with E-state index in [4.69, 9.17) is 66.1 Å². The average Bonchev–Trinajstić information content (AvgIpc) is 1.45. The number of nitrogen functional groups attached to an aromatic ring is 1. The van der Waals surface area contributed by atoms with Crippen molar-refractivity contribution in [2.45, 2.75) is 113 Å². The fourth-order valence-corrected chi connectivity index (χ4v) is 10.9. The van der Waals surface area contributed by atoms with E-state index < -0.39 is 35.3 Å². The number of nitrogens with one attached hydrogen (secondary N) is 4. The normalized spacial score (nSPS) is 10.9. The molecule has 0 atom stereocenters. The molecule has 0 aliphatic heterocycles. The number of anilines is 3. The highest BCUT2D eigenvalue weighted by atomic mass is 35.5. The molecule has 4 amide bonds. The van der Waals surface area contributed by atoms with Gasteiger partial charge in [-0.05, 0) is 168 Å². The monoisotopic (exact) mass is 1510 g/mol. The van der Waals surface area contributed by atoms with Crippen LogP contribution in [0.25, 0.3) is 32.7 Å². The van der Waals surface area contributed by atoms with Crippen molar-refractivity contribution in [1.82, 2.24) is 69.9 Å². The van der Waals surface area contributed by atoms with Crippen LogP contribution in [0.15, 0.2) is 146 Å². The summed E-state index contributed by atoms with van der Waals surface area (Å²) in [7, 11) is 0. The molecule has 9 heterocycles. The number of benzene rings is 3. The van der Waals surface area contributed by atoms with Gasteiger partial charge in [0.25, 0.3) is 11.8 Å². The number of hydrogen-bond acceptors (Lipinski definition) is 21. The molecule has 0 unspecified atom stereocenters. The first-order valence-corrected chi connectivity index (χ1v) is 34.1. The topological polar surface area (TPSA) is 426 Å². The predicted molar refractivity (Wildman–Crippen MR) is 407 cm³/mol. The number of carboxylic acid groups (broad SMARTS) is 1. The molecule has 0 saturated carbocycles. The number of rotatable bonds is 16. The quantitative estimate of drug-likeness (QED) is 0.0472. The Hall–Kier alpha value is -13.0. The van der Waals surface area contributed by atoms with E-state index in [0.717, 1.165) is 77.5 Å². The van der Waals surface area contributed by atoms with Gasteiger partial charge in [-0.15, -0.1) is 0 Å². The maximum Gasteiger partial charge on any atom is 0.413 e. The number of aromatic nitrogens is 12. The Labute approximate surface area is 634 Å². The summed E-state index contributed by atoms with van der Waals surface area (Å²) >= 11 is 18.0. The fraction of sp³-hybridized carbons (Fsp3) is 0.224. The molecule has 3 aromatic carbocycles. The summed E-state index contributed by atoms with van der Waals surface area (Å²) in [6.45, 7) is 18.2. The van der Waals surface area contributed by atoms with Gasteiger partial charge in [0.05, 0.1) is 62.4 Å². The molecular formula is C76H72Cl3N21O8. The molecule has 32 heteroatoms. The second-order valence-electron chi connectivity index (χ2n) is 26.1. The van der Waals surface area contributed by atoms with Crippen molar-refractivity contribution < 1.29 is 38.6 Å². The number of pyridine rings is 6. The van der Waals surface area contributed by atoms with Gasteiger partial charge in [0.15, 0.2) is 17.1 Å². The van der Waals surface area contributed by atoms with Crippen molar-refractivity contribution in [1.29, 1.82) is 15.8 Å². The number of amides is 4. The molecule has 12 aromatic rings. The zero-order valence-corrected chi connectivity index (χ0v) is 62.2. The number of halogens is 3. The highest BCUT2D eigenvalue weighted by Gasteiger charge is 2.22. The van der Waals surface area contributed by atoms with E-state index in [-0.39, 0.29) is 52.8 Å². The molecule has 29 nitrogen and oxygen atoms in total. The van der Waals surface area contributed by atoms with Gasteiger partial charge in [-0.3, -0.25) is 49.2 Å². The predicted octanol–water partition coefficient (Wildman–Crippen LogP) is 13.1.